The van der Waals surface area contributed by atoms with E-state index in [2.05, 4.69) is 10.3 Å². The van der Waals surface area contributed by atoms with Gasteiger partial charge in [0.05, 0.1) is 10.0 Å². The molecule has 0 spiro atoms. The molecule has 0 bridgehead atoms. The standard InChI is InChI=1S/C17H15Cl2N3O2/c18-13-4-3-11(10-14(13)19)17(24)22-9-1-2-15(22)16(23)21-12-5-7-20-8-6-12/h3-8,10,15H,1-2,9H2,(H,20,21,23)/t15-/m0/s1. The lowest BCUT2D eigenvalue weighted by Crippen LogP contribution is -2.43. The van der Waals surface area contributed by atoms with Crippen molar-refractivity contribution in [2.24, 2.45) is 0 Å². The first kappa shape index (κ1) is 16.7. The van der Waals surface area contributed by atoms with E-state index in [1.54, 1.807) is 41.6 Å². The van der Waals surface area contributed by atoms with Gasteiger partial charge >= 0.3 is 0 Å². The molecule has 24 heavy (non-hydrogen) atoms. The summed E-state index contributed by atoms with van der Waals surface area (Å²) in [6.07, 6.45) is 4.61. The third kappa shape index (κ3) is 3.52. The predicted molar refractivity (Wildman–Crippen MR) is 93.4 cm³/mol. The molecule has 1 fully saturated rings. The molecule has 1 aliphatic rings. The summed E-state index contributed by atoms with van der Waals surface area (Å²) in [4.78, 5) is 30.7. The molecule has 0 unspecified atom stereocenters. The number of carbonyl (C=O) groups excluding carboxylic acids is 2. The fraction of sp³-hybridized carbons (Fsp3) is 0.235. The van der Waals surface area contributed by atoms with Gasteiger partial charge in [-0.1, -0.05) is 23.2 Å². The molecule has 3 rings (SSSR count). The molecule has 1 aromatic carbocycles. The molecule has 5 nitrogen and oxygen atoms in total. The molecular formula is C17H15Cl2N3O2. The Bertz CT molecular complexity index is 768. The summed E-state index contributed by atoms with van der Waals surface area (Å²) in [5.41, 5.74) is 1.08. The van der Waals surface area contributed by atoms with Gasteiger partial charge in [-0.15, -0.1) is 0 Å². The number of carbonyl (C=O) groups is 2. The fourth-order valence-corrected chi connectivity index (χ4v) is 3.04. The molecule has 0 saturated carbocycles. The van der Waals surface area contributed by atoms with Crippen LogP contribution >= 0.6 is 23.2 Å². The van der Waals surface area contributed by atoms with Crippen molar-refractivity contribution in [3.05, 3.63) is 58.3 Å². The van der Waals surface area contributed by atoms with Gasteiger partial charge in [-0.25, -0.2) is 0 Å². The van der Waals surface area contributed by atoms with E-state index >= 15 is 0 Å². The van der Waals surface area contributed by atoms with Gasteiger partial charge in [0.1, 0.15) is 6.04 Å². The van der Waals surface area contributed by atoms with E-state index in [0.29, 0.717) is 34.3 Å². The minimum Gasteiger partial charge on any atom is -0.327 e. The highest BCUT2D eigenvalue weighted by Crippen LogP contribution is 2.26. The van der Waals surface area contributed by atoms with Gasteiger partial charge in [0.15, 0.2) is 0 Å². The zero-order valence-electron chi connectivity index (χ0n) is 12.7. The van der Waals surface area contributed by atoms with Crippen molar-refractivity contribution in [2.45, 2.75) is 18.9 Å². The Labute approximate surface area is 149 Å². The Balaban J connectivity index is 1.76. The van der Waals surface area contributed by atoms with Crippen LogP contribution in [0.2, 0.25) is 10.0 Å². The van der Waals surface area contributed by atoms with E-state index in [9.17, 15) is 9.59 Å². The lowest BCUT2D eigenvalue weighted by atomic mass is 10.1. The normalized spacial score (nSPS) is 16.9. The second-order valence-corrected chi connectivity index (χ2v) is 6.33. The number of hydrogen-bond acceptors (Lipinski definition) is 3. The van der Waals surface area contributed by atoms with Crippen LogP contribution in [0.3, 0.4) is 0 Å². The number of hydrogen-bond donors (Lipinski definition) is 1. The maximum Gasteiger partial charge on any atom is 0.254 e. The van der Waals surface area contributed by atoms with Crippen LogP contribution in [0.15, 0.2) is 42.7 Å². The van der Waals surface area contributed by atoms with Crippen molar-refractivity contribution in [2.75, 3.05) is 11.9 Å². The molecule has 7 heteroatoms. The first-order chi connectivity index (χ1) is 11.6. The van der Waals surface area contributed by atoms with Crippen molar-refractivity contribution in [1.29, 1.82) is 0 Å². The van der Waals surface area contributed by atoms with Crippen LogP contribution in [-0.4, -0.2) is 34.3 Å². The summed E-state index contributed by atoms with van der Waals surface area (Å²) in [5.74, 6) is -0.423. The van der Waals surface area contributed by atoms with Gasteiger partial charge in [0, 0.05) is 30.2 Å². The Morgan fingerprint density at radius 1 is 1.12 bits per heavy atom. The van der Waals surface area contributed by atoms with Gasteiger partial charge in [-0.3, -0.25) is 14.6 Å². The average molecular weight is 364 g/mol. The first-order valence-corrected chi connectivity index (χ1v) is 8.29. The lowest BCUT2D eigenvalue weighted by Gasteiger charge is -2.24. The second-order valence-electron chi connectivity index (χ2n) is 5.51. The number of rotatable bonds is 3. The summed E-state index contributed by atoms with van der Waals surface area (Å²) < 4.78 is 0. The van der Waals surface area contributed by atoms with Gasteiger partial charge in [-0.05, 0) is 43.2 Å². The van der Waals surface area contributed by atoms with Crippen molar-refractivity contribution in [3.8, 4) is 0 Å². The lowest BCUT2D eigenvalue weighted by molar-refractivity contribution is -0.119. The van der Waals surface area contributed by atoms with Crippen molar-refractivity contribution in [1.82, 2.24) is 9.88 Å². The molecule has 1 saturated heterocycles. The molecule has 0 radical (unpaired) electrons. The summed E-state index contributed by atoms with van der Waals surface area (Å²) in [5, 5.41) is 3.53. The van der Waals surface area contributed by atoms with Crippen molar-refractivity contribution >= 4 is 40.7 Å². The number of nitrogens with one attached hydrogen (secondary N) is 1. The van der Waals surface area contributed by atoms with E-state index in [0.717, 1.165) is 6.42 Å². The maximum absolute atomic E-state index is 12.7. The average Bonchev–Trinajstić information content (AvgIpc) is 3.07. The number of anilines is 1. The summed E-state index contributed by atoms with van der Waals surface area (Å²) in [7, 11) is 0. The SMILES string of the molecule is O=C(Nc1ccncc1)[C@@H]1CCCN1C(=O)c1ccc(Cl)c(Cl)c1. The minimum absolute atomic E-state index is 0.202. The topological polar surface area (TPSA) is 62.3 Å². The highest BCUT2D eigenvalue weighted by molar-refractivity contribution is 6.42. The zero-order chi connectivity index (χ0) is 17.1. The minimum atomic E-state index is -0.500. The number of nitrogens with zero attached hydrogens (tertiary/aromatic N) is 2. The molecule has 2 aromatic rings. The Hall–Kier alpha value is -2.11. The van der Waals surface area contributed by atoms with E-state index in [1.807, 2.05) is 0 Å². The Morgan fingerprint density at radius 3 is 2.58 bits per heavy atom. The van der Waals surface area contributed by atoms with Crippen LogP contribution in [0.5, 0.6) is 0 Å². The van der Waals surface area contributed by atoms with Crippen LogP contribution in [0, 0.1) is 0 Å². The van der Waals surface area contributed by atoms with Gasteiger partial charge < -0.3 is 10.2 Å². The van der Waals surface area contributed by atoms with E-state index in [4.69, 9.17) is 23.2 Å². The van der Waals surface area contributed by atoms with Gasteiger partial charge in [0.2, 0.25) is 5.91 Å². The highest BCUT2D eigenvalue weighted by atomic mass is 35.5. The first-order valence-electron chi connectivity index (χ1n) is 7.53. The molecule has 2 amide bonds. The van der Waals surface area contributed by atoms with Crippen molar-refractivity contribution < 1.29 is 9.59 Å². The van der Waals surface area contributed by atoms with E-state index < -0.39 is 6.04 Å². The number of aromatic nitrogens is 1. The van der Waals surface area contributed by atoms with Crippen LogP contribution < -0.4 is 5.32 Å². The highest BCUT2D eigenvalue weighted by Gasteiger charge is 2.34. The molecule has 1 atom stereocenters. The molecule has 2 heterocycles. The van der Waals surface area contributed by atoms with Crippen molar-refractivity contribution in [3.63, 3.8) is 0 Å². The zero-order valence-corrected chi connectivity index (χ0v) is 14.2. The largest absolute Gasteiger partial charge is 0.327 e. The number of pyridine rings is 1. The van der Waals surface area contributed by atoms with Crippen LogP contribution in [0.1, 0.15) is 23.2 Å². The van der Waals surface area contributed by atoms with Gasteiger partial charge in [-0.2, -0.15) is 0 Å². The summed E-state index contributed by atoms with van der Waals surface area (Å²) in [6, 6.07) is 7.64. The van der Waals surface area contributed by atoms with Gasteiger partial charge in [0.25, 0.3) is 5.91 Å². The summed E-state index contributed by atoms with van der Waals surface area (Å²) in [6.45, 7) is 0.535. The predicted octanol–water partition coefficient (Wildman–Crippen LogP) is 3.63. The third-order valence-corrected chi connectivity index (χ3v) is 4.67. The number of amides is 2. The molecule has 124 valence electrons. The van der Waals surface area contributed by atoms with Crippen LogP contribution in [-0.2, 0) is 4.79 Å². The fourth-order valence-electron chi connectivity index (χ4n) is 2.74. The number of halogens is 2. The molecule has 1 aliphatic heterocycles. The summed E-state index contributed by atoms with van der Waals surface area (Å²) >= 11 is 11.9. The molecule has 1 N–H and O–H groups in total. The molecule has 0 aliphatic carbocycles. The molecule has 1 aromatic heterocycles. The van der Waals surface area contributed by atoms with Crippen LogP contribution in [0.25, 0.3) is 0 Å². The third-order valence-electron chi connectivity index (χ3n) is 3.93. The van der Waals surface area contributed by atoms with Crippen LogP contribution in [0.4, 0.5) is 5.69 Å². The molecular weight excluding hydrogens is 349 g/mol. The monoisotopic (exact) mass is 363 g/mol. The number of likely N-dealkylation sites (tertiary alicyclic amines) is 1. The smallest absolute Gasteiger partial charge is 0.254 e. The Morgan fingerprint density at radius 2 is 1.88 bits per heavy atom. The maximum atomic E-state index is 12.7. The second kappa shape index (κ2) is 7.20. The quantitative estimate of drug-likeness (QED) is 0.905. The Kier molecular flexibility index (Phi) is 5.02. The number of benzene rings is 1. The van der Waals surface area contributed by atoms with E-state index in [-0.39, 0.29) is 11.8 Å². The van der Waals surface area contributed by atoms with E-state index in [1.165, 1.54) is 6.07 Å².